The second-order valence-electron chi connectivity index (χ2n) is 7.44. The van der Waals surface area contributed by atoms with Gasteiger partial charge in [0.2, 0.25) is 0 Å². The summed E-state index contributed by atoms with van der Waals surface area (Å²) < 4.78 is 16.9. The lowest BCUT2D eigenvalue weighted by molar-refractivity contribution is -0.145. The van der Waals surface area contributed by atoms with Crippen molar-refractivity contribution in [1.82, 2.24) is 4.90 Å². The van der Waals surface area contributed by atoms with Crippen molar-refractivity contribution in [2.24, 2.45) is 5.92 Å². The van der Waals surface area contributed by atoms with E-state index in [-0.39, 0.29) is 17.9 Å². The number of carbonyl (C=O) groups excluding carboxylic acids is 2. The molecule has 2 fully saturated rings. The first-order chi connectivity index (χ1) is 13.5. The van der Waals surface area contributed by atoms with Crippen molar-refractivity contribution >= 4 is 27.8 Å². The Morgan fingerprint density at radius 1 is 1.21 bits per heavy atom. The summed E-state index contributed by atoms with van der Waals surface area (Å²) >= 11 is 3.51. The first kappa shape index (κ1) is 21.0. The molecule has 2 aliphatic rings. The molecule has 1 aliphatic heterocycles. The second kappa shape index (κ2) is 9.16. The first-order valence-electron chi connectivity index (χ1n) is 9.92. The van der Waals surface area contributed by atoms with E-state index in [0.717, 1.165) is 32.1 Å². The molecule has 6 nitrogen and oxygen atoms in total. The third-order valence-electron chi connectivity index (χ3n) is 5.72. The molecule has 0 radical (unpaired) electrons. The normalized spacial score (nSPS) is 23.9. The summed E-state index contributed by atoms with van der Waals surface area (Å²) in [5.41, 5.74) is 0.479. The predicted molar refractivity (Wildman–Crippen MR) is 109 cm³/mol. The van der Waals surface area contributed by atoms with Gasteiger partial charge >= 0.3 is 5.97 Å². The minimum absolute atomic E-state index is 0.0890. The van der Waals surface area contributed by atoms with Gasteiger partial charge in [0, 0.05) is 11.6 Å². The van der Waals surface area contributed by atoms with E-state index in [2.05, 4.69) is 15.9 Å². The van der Waals surface area contributed by atoms with Crippen LogP contribution < -0.4 is 9.47 Å². The molecule has 0 N–H and O–H groups in total. The molecule has 1 saturated heterocycles. The van der Waals surface area contributed by atoms with Gasteiger partial charge in [0.15, 0.2) is 11.5 Å². The van der Waals surface area contributed by atoms with Crippen molar-refractivity contribution in [2.75, 3.05) is 20.8 Å². The van der Waals surface area contributed by atoms with Crippen LogP contribution >= 0.6 is 15.9 Å². The standard InChI is InChI=1S/C21H28BrNO5/c1-4-9-28-19-15(22)10-14(12-18(19)26-2)20(24)23-16-8-6-5-7-13(16)11-17(23)21(25)27-3/h10,12-13,16-17H,4-9,11H2,1-3H3. The van der Waals surface area contributed by atoms with Gasteiger partial charge in [0.05, 0.1) is 25.3 Å². The molecule has 3 rings (SSSR count). The summed E-state index contributed by atoms with van der Waals surface area (Å²) in [6.45, 7) is 2.59. The fourth-order valence-corrected chi connectivity index (χ4v) is 4.99. The van der Waals surface area contributed by atoms with Crippen LogP contribution in [-0.4, -0.2) is 49.7 Å². The van der Waals surface area contributed by atoms with Gasteiger partial charge in [-0.15, -0.1) is 0 Å². The third-order valence-corrected chi connectivity index (χ3v) is 6.31. The van der Waals surface area contributed by atoms with Crippen molar-refractivity contribution in [2.45, 2.75) is 57.5 Å². The van der Waals surface area contributed by atoms with Crippen LogP contribution in [0.2, 0.25) is 0 Å². The smallest absolute Gasteiger partial charge is 0.328 e. The number of likely N-dealkylation sites (tertiary alicyclic amines) is 1. The number of fused-ring (bicyclic) bond motifs is 1. The van der Waals surface area contributed by atoms with Crippen LogP contribution in [0.1, 0.15) is 55.8 Å². The third kappa shape index (κ3) is 4.00. The number of nitrogens with zero attached hydrogens (tertiary/aromatic N) is 1. The van der Waals surface area contributed by atoms with E-state index in [4.69, 9.17) is 14.2 Å². The van der Waals surface area contributed by atoms with E-state index < -0.39 is 6.04 Å². The van der Waals surface area contributed by atoms with Crippen molar-refractivity contribution in [3.05, 3.63) is 22.2 Å². The number of hydrogen-bond acceptors (Lipinski definition) is 5. The van der Waals surface area contributed by atoms with Gasteiger partial charge in [0.25, 0.3) is 5.91 Å². The van der Waals surface area contributed by atoms with Crippen molar-refractivity contribution in [3.63, 3.8) is 0 Å². The number of methoxy groups -OCH3 is 2. The molecule has 0 spiro atoms. The molecular weight excluding hydrogens is 426 g/mol. The highest BCUT2D eigenvalue weighted by Crippen LogP contribution is 2.42. The number of ether oxygens (including phenoxy) is 3. The summed E-state index contributed by atoms with van der Waals surface area (Å²) in [6, 6.07) is 3.01. The Hall–Kier alpha value is -1.76. The van der Waals surface area contributed by atoms with Crippen molar-refractivity contribution in [3.8, 4) is 11.5 Å². The molecule has 7 heteroatoms. The van der Waals surface area contributed by atoms with Crippen LogP contribution in [0.3, 0.4) is 0 Å². The Kier molecular flexibility index (Phi) is 6.86. The van der Waals surface area contributed by atoms with Crippen LogP contribution in [0.4, 0.5) is 0 Å². The number of esters is 1. The second-order valence-corrected chi connectivity index (χ2v) is 8.29. The maximum Gasteiger partial charge on any atom is 0.328 e. The number of hydrogen-bond donors (Lipinski definition) is 0. The Labute approximate surface area is 174 Å². The molecule has 1 heterocycles. The van der Waals surface area contributed by atoms with E-state index in [0.29, 0.717) is 40.5 Å². The summed E-state index contributed by atoms with van der Waals surface area (Å²) in [4.78, 5) is 27.6. The number of carbonyl (C=O) groups is 2. The fraction of sp³-hybridized carbons (Fsp3) is 0.619. The van der Waals surface area contributed by atoms with Crippen LogP contribution in [0.25, 0.3) is 0 Å². The highest BCUT2D eigenvalue weighted by Gasteiger charge is 2.48. The van der Waals surface area contributed by atoms with Crippen molar-refractivity contribution < 1.29 is 23.8 Å². The van der Waals surface area contributed by atoms with Crippen molar-refractivity contribution in [1.29, 1.82) is 0 Å². The van der Waals surface area contributed by atoms with Gasteiger partial charge in [0.1, 0.15) is 6.04 Å². The molecule has 1 amide bonds. The monoisotopic (exact) mass is 453 g/mol. The number of halogens is 1. The molecule has 154 valence electrons. The lowest BCUT2D eigenvalue weighted by atomic mass is 9.84. The maximum atomic E-state index is 13.5. The summed E-state index contributed by atoms with van der Waals surface area (Å²) in [5.74, 6) is 0.949. The first-order valence-corrected chi connectivity index (χ1v) is 10.7. The van der Waals surface area contributed by atoms with E-state index in [1.54, 1.807) is 24.1 Å². The van der Waals surface area contributed by atoms with Gasteiger partial charge < -0.3 is 19.1 Å². The van der Waals surface area contributed by atoms with Gasteiger partial charge in [-0.1, -0.05) is 19.8 Å². The average Bonchev–Trinajstić information content (AvgIpc) is 3.10. The Morgan fingerprint density at radius 3 is 2.64 bits per heavy atom. The number of benzene rings is 1. The molecule has 3 unspecified atom stereocenters. The minimum atomic E-state index is -0.522. The van der Waals surface area contributed by atoms with Gasteiger partial charge in [-0.05, 0) is 59.7 Å². The number of rotatable bonds is 6. The molecule has 1 aromatic carbocycles. The zero-order valence-electron chi connectivity index (χ0n) is 16.7. The molecular formula is C21H28BrNO5. The topological polar surface area (TPSA) is 65.1 Å². The van der Waals surface area contributed by atoms with Crippen LogP contribution in [0.5, 0.6) is 11.5 Å². The lowest BCUT2D eigenvalue weighted by Gasteiger charge is -2.33. The largest absolute Gasteiger partial charge is 0.493 e. The Balaban J connectivity index is 1.94. The number of amides is 1. The van der Waals surface area contributed by atoms with Gasteiger partial charge in [-0.25, -0.2) is 4.79 Å². The molecule has 0 bridgehead atoms. The predicted octanol–water partition coefficient (Wildman–Crippen LogP) is 4.19. The summed E-state index contributed by atoms with van der Waals surface area (Å²) in [6.07, 6.45) is 5.77. The summed E-state index contributed by atoms with van der Waals surface area (Å²) in [5, 5.41) is 0. The van der Waals surface area contributed by atoms with Gasteiger partial charge in [-0.2, -0.15) is 0 Å². The molecule has 0 aromatic heterocycles. The maximum absolute atomic E-state index is 13.5. The SMILES string of the molecule is CCCOc1c(Br)cc(C(=O)N2C(C(=O)OC)CC3CCCCC32)cc1OC. The molecule has 1 aromatic rings. The Morgan fingerprint density at radius 2 is 1.96 bits per heavy atom. The van der Waals surface area contributed by atoms with E-state index in [1.807, 2.05) is 6.92 Å². The highest BCUT2D eigenvalue weighted by molar-refractivity contribution is 9.10. The van der Waals surface area contributed by atoms with E-state index in [1.165, 1.54) is 7.11 Å². The van der Waals surface area contributed by atoms with Gasteiger partial charge in [-0.3, -0.25) is 4.79 Å². The zero-order valence-corrected chi connectivity index (χ0v) is 18.3. The van der Waals surface area contributed by atoms with E-state index >= 15 is 0 Å². The highest BCUT2D eigenvalue weighted by atomic mass is 79.9. The fourth-order valence-electron chi connectivity index (χ4n) is 4.44. The molecule has 1 aliphatic carbocycles. The lowest BCUT2D eigenvalue weighted by Crippen LogP contribution is -2.46. The van der Waals surface area contributed by atoms with Crippen LogP contribution in [0, 0.1) is 5.92 Å². The molecule has 3 atom stereocenters. The molecule has 1 saturated carbocycles. The van der Waals surface area contributed by atoms with Crippen LogP contribution in [0.15, 0.2) is 16.6 Å². The Bertz CT molecular complexity index is 738. The average molecular weight is 454 g/mol. The quantitative estimate of drug-likeness (QED) is 0.604. The summed E-state index contributed by atoms with van der Waals surface area (Å²) in [7, 11) is 2.94. The zero-order chi connectivity index (χ0) is 20.3. The van der Waals surface area contributed by atoms with Crippen LogP contribution in [-0.2, 0) is 9.53 Å². The minimum Gasteiger partial charge on any atom is -0.493 e. The van der Waals surface area contributed by atoms with E-state index in [9.17, 15) is 9.59 Å². The molecule has 28 heavy (non-hydrogen) atoms.